The lowest BCUT2D eigenvalue weighted by atomic mass is 10.0. The molecule has 0 fully saturated rings. The van der Waals surface area contributed by atoms with Gasteiger partial charge in [-0.25, -0.2) is 0 Å². The number of benzene rings is 2. The molecule has 0 amide bonds. The van der Waals surface area contributed by atoms with E-state index in [0.717, 1.165) is 22.3 Å². The van der Waals surface area contributed by atoms with Gasteiger partial charge in [-0.05, 0) is 43.3 Å². The Labute approximate surface area is 136 Å². The number of hydrogen-bond donors (Lipinski definition) is 1. The lowest BCUT2D eigenvalue weighted by Gasteiger charge is -2.30. The first kappa shape index (κ1) is 16.2. The second kappa shape index (κ2) is 7.17. The average molecular weight is 323 g/mol. The molecular weight excluding hydrogens is 303 g/mol. The summed E-state index contributed by atoms with van der Waals surface area (Å²) in [6.45, 7) is 2.93. The van der Waals surface area contributed by atoms with Gasteiger partial charge >= 0.3 is 0 Å². The first-order chi connectivity index (χ1) is 10.0. The van der Waals surface area contributed by atoms with Gasteiger partial charge in [-0.15, -0.1) is 0 Å². The maximum absolute atomic E-state index is 6.43. The summed E-state index contributed by atoms with van der Waals surface area (Å²) in [5.74, 6) is 0. The maximum Gasteiger partial charge on any atom is 0.0643 e. The van der Waals surface area contributed by atoms with Gasteiger partial charge in [0.05, 0.1) is 16.8 Å². The molecule has 0 aliphatic heterocycles. The third-order valence-corrected chi connectivity index (χ3v) is 4.24. The van der Waals surface area contributed by atoms with E-state index in [1.807, 2.05) is 37.4 Å². The van der Waals surface area contributed by atoms with E-state index in [1.54, 1.807) is 0 Å². The quantitative estimate of drug-likeness (QED) is 0.841. The number of hydrogen-bond acceptors (Lipinski definition) is 2. The number of nitrogens with zero attached hydrogens (tertiary/aromatic N) is 1. The molecule has 0 aliphatic carbocycles. The zero-order chi connectivity index (χ0) is 15.4. The fourth-order valence-electron chi connectivity index (χ4n) is 2.47. The van der Waals surface area contributed by atoms with Crippen molar-refractivity contribution in [3.05, 3.63) is 63.6 Å². The van der Waals surface area contributed by atoms with E-state index in [9.17, 15) is 0 Å². The number of anilines is 1. The van der Waals surface area contributed by atoms with Gasteiger partial charge in [0, 0.05) is 18.6 Å². The van der Waals surface area contributed by atoms with Crippen LogP contribution in [0.15, 0.2) is 42.5 Å². The number of nitrogens with one attached hydrogen (secondary N) is 1. The highest BCUT2D eigenvalue weighted by Crippen LogP contribution is 2.34. The summed E-state index contributed by atoms with van der Waals surface area (Å²) in [7, 11) is 4.00. The topological polar surface area (TPSA) is 15.3 Å². The third-order valence-electron chi connectivity index (χ3n) is 3.70. The van der Waals surface area contributed by atoms with E-state index in [2.05, 4.69) is 36.3 Å². The van der Waals surface area contributed by atoms with Gasteiger partial charge in [-0.3, -0.25) is 0 Å². The van der Waals surface area contributed by atoms with Crippen molar-refractivity contribution in [3.63, 3.8) is 0 Å². The molecule has 1 N–H and O–H groups in total. The fourth-order valence-corrected chi connectivity index (χ4v) is 3.00. The van der Waals surface area contributed by atoms with Crippen molar-refractivity contribution in [1.29, 1.82) is 0 Å². The molecule has 0 spiro atoms. The molecule has 4 heteroatoms. The molecular formula is C17H20Cl2N2. The lowest BCUT2D eigenvalue weighted by Crippen LogP contribution is -2.24. The first-order valence-corrected chi connectivity index (χ1v) is 7.70. The largest absolute Gasteiger partial charge is 0.366 e. The van der Waals surface area contributed by atoms with Crippen LogP contribution in [0.25, 0.3) is 0 Å². The molecule has 2 aromatic rings. The molecule has 0 heterocycles. The molecule has 0 radical (unpaired) electrons. The van der Waals surface area contributed by atoms with Crippen molar-refractivity contribution in [2.45, 2.75) is 19.5 Å². The van der Waals surface area contributed by atoms with Gasteiger partial charge in [-0.2, -0.15) is 0 Å². The van der Waals surface area contributed by atoms with E-state index in [4.69, 9.17) is 23.2 Å². The van der Waals surface area contributed by atoms with E-state index < -0.39 is 0 Å². The zero-order valence-corrected chi connectivity index (χ0v) is 14.0. The summed E-state index contributed by atoms with van der Waals surface area (Å²) >= 11 is 12.5. The van der Waals surface area contributed by atoms with Crippen LogP contribution in [0.1, 0.15) is 24.1 Å². The maximum atomic E-state index is 6.43. The Morgan fingerprint density at radius 2 is 1.86 bits per heavy atom. The number of halogens is 2. The minimum absolute atomic E-state index is 0.180. The molecule has 0 saturated carbocycles. The Balaban J connectivity index is 2.37. The predicted octanol–water partition coefficient (Wildman–Crippen LogP) is 4.91. The predicted molar refractivity (Wildman–Crippen MR) is 92.5 cm³/mol. The van der Waals surface area contributed by atoms with Gasteiger partial charge in [0.25, 0.3) is 0 Å². The normalized spacial score (nSPS) is 12.2. The Morgan fingerprint density at radius 3 is 2.52 bits per heavy atom. The zero-order valence-electron chi connectivity index (χ0n) is 12.5. The molecule has 2 aromatic carbocycles. The van der Waals surface area contributed by atoms with Crippen LogP contribution in [-0.2, 0) is 6.54 Å². The van der Waals surface area contributed by atoms with E-state index >= 15 is 0 Å². The van der Waals surface area contributed by atoms with E-state index in [1.165, 1.54) is 11.1 Å². The van der Waals surface area contributed by atoms with Crippen LogP contribution in [0.3, 0.4) is 0 Å². The van der Waals surface area contributed by atoms with Crippen LogP contribution >= 0.6 is 23.2 Å². The SMILES string of the molecule is CNCc1cccc(Cl)c1N(C)C(C)c1cccc(Cl)c1. The fraction of sp³-hybridized carbons (Fsp3) is 0.294. The monoisotopic (exact) mass is 322 g/mol. The average Bonchev–Trinajstić information content (AvgIpc) is 2.46. The van der Waals surface area contributed by atoms with Crippen LogP contribution in [-0.4, -0.2) is 14.1 Å². The smallest absolute Gasteiger partial charge is 0.0643 e. The molecule has 21 heavy (non-hydrogen) atoms. The molecule has 1 unspecified atom stereocenters. The molecule has 112 valence electrons. The Hall–Kier alpha value is -1.22. The standard InChI is InChI=1S/C17H20Cl2N2/c1-12(13-6-4-8-15(18)10-13)21(3)17-14(11-20-2)7-5-9-16(17)19/h4-10,12,20H,11H2,1-3H3. The minimum Gasteiger partial charge on any atom is -0.366 e. The summed E-state index contributed by atoms with van der Waals surface area (Å²) in [5, 5.41) is 4.70. The highest BCUT2D eigenvalue weighted by atomic mass is 35.5. The van der Waals surface area contributed by atoms with Crippen molar-refractivity contribution in [1.82, 2.24) is 5.32 Å². The van der Waals surface area contributed by atoms with Crippen molar-refractivity contribution in [2.75, 3.05) is 19.0 Å². The van der Waals surface area contributed by atoms with Crippen LogP contribution in [0, 0.1) is 0 Å². The Kier molecular flexibility index (Phi) is 5.51. The molecule has 0 aromatic heterocycles. The van der Waals surface area contributed by atoms with Crippen molar-refractivity contribution in [3.8, 4) is 0 Å². The summed E-state index contributed by atoms with van der Waals surface area (Å²) in [4.78, 5) is 2.20. The molecule has 2 rings (SSSR count). The third kappa shape index (κ3) is 3.70. The summed E-state index contributed by atoms with van der Waals surface area (Å²) in [6.07, 6.45) is 0. The van der Waals surface area contributed by atoms with Crippen LogP contribution in [0.4, 0.5) is 5.69 Å². The molecule has 0 saturated heterocycles. The van der Waals surface area contributed by atoms with Crippen LogP contribution in [0.5, 0.6) is 0 Å². The second-order valence-corrected chi connectivity index (χ2v) is 5.96. The van der Waals surface area contributed by atoms with Crippen LogP contribution in [0.2, 0.25) is 10.0 Å². The highest BCUT2D eigenvalue weighted by molar-refractivity contribution is 6.33. The molecule has 0 bridgehead atoms. The second-order valence-electron chi connectivity index (χ2n) is 5.12. The summed E-state index contributed by atoms with van der Waals surface area (Å²) in [5.41, 5.74) is 3.41. The molecule has 1 atom stereocenters. The summed E-state index contributed by atoms with van der Waals surface area (Å²) in [6, 6.07) is 14.1. The summed E-state index contributed by atoms with van der Waals surface area (Å²) < 4.78 is 0. The Bertz CT molecular complexity index is 613. The van der Waals surface area contributed by atoms with E-state index in [0.29, 0.717) is 0 Å². The van der Waals surface area contributed by atoms with Crippen molar-refractivity contribution in [2.24, 2.45) is 0 Å². The van der Waals surface area contributed by atoms with Crippen molar-refractivity contribution < 1.29 is 0 Å². The minimum atomic E-state index is 0.180. The van der Waals surface area contributed by atoms with Gasteiger partial charge in [-0.1, -0.05) is 47.5 Å². The highest BCUT2D eigenvalue weighted by Gasteiger charge is 2.18. The van der Waals surface area contributed by atoms with Crippen LogP contribution < -0.4 is 10.2 Å². The molecule has 0 aliphatic rings. The number of rotatable bonds is 5. The first-order valence-electron chi connectivity index (χ1n) is 6.95. The van der Waals surface area contributed by atoms with Crippen molar-refractivity contribution >= 4 is 28.9 Å². The van der Waals surface area contributed by atoms with Gasteiger partial charge in [0.15, 0.2) is 0 Å². The lowest BCUT2D eigenvalue weighted by molar-refractivity contribution is 0.727. The van der Waals surface area contributed by atoms with E-state index in [-0.39, 0.29) is 6.04 Å². The number of para-hydroxylation sites is 1. The van der Waals surface area contributed by atoms with Gasteiger partial charge in [0.1, 0.15) is 0 Å². The van der Waals surface area contributed by atoms with Gasteiger partial charge in [0.2, 0.25) is 0 Å². The molecule has 2 nitrogen and oxygen atoms in total. The van der Waals surface area contributed by atoms with Gasteiger partial charge < -0.3 is 10.2 Å². The Morgan fingerprint density at radius 1 is 1.14 bits per heavy atom.